The van der Waals surface area contributed by atoms with Gasteiger partial charge in [0.2, 0.25) is 5.91 Å². The highest BCUT2D eigenvalue weighted by Gasteiger charge is 2.13. The number of nitrogens with one attached hydrogen (secondary N) is 3. The van der Waals surface area contributed by atoms with E-state index in [1.165, 1.54) is 7.11 Å². The number of carbonyl (C=O) groups excluding carboxylic acids is 2. The van der Waals surface area contributed by atoms with Crippen molar-refractivity contribution in [1.29, 1.82) is 0 Å². The molecule has 0 bridgehead atoms. The Hall–Kier alpha value is -2.93. The van der Waals surface area contributed by atoms with Crippen LogP contribution in [0.1, 0.15) is 30.1 Å². The van der Waals surface area contributed by atoms with Crippen molar-refractivity contribution in [2.75, 3.05) is 17.7 Å². The summed E-state index contributed by atoms with van der Waals surface area (Å²) in [7, 11) is 1.50. The minimum atomic E-state index is -0.368. The molecule has 0 saturated heterocycles. The van der Waals surface area contributed by atoms with E-state index in [9.17, 15) is 9.59 Å². The summed E-state index contributed by atoms with van der Waals surface area (Å²) in [6, 6.07) is 14.0. The van der Waals surface area contributed by atoms with E-state index >= 15 is 0 Å². The lowest BCUT2D eigenvalue weighted by Crippen LogP contribution is -2.34. The second-order valence-corrected chi connectivity index (χ2v) is 5.90. The largest absolute Gasteiger partial charge is 0.496 e. The molecule has 26 heavy (non-hydrogen) atoms. The van der Waals surface area contributed by atoms with Crippen LogP contribution in [0.15, 0.2) is 48.5 Å². The number of amides is 2. The molecule has 0 aromatic heterocycles. The lowest BCUT2D eigenvalue weighted by Gasteiger charge is -2.12. The molecule has 136 valence electrons. The van der Waals surface area contributed by atoms with Gasteiger partial charge in [-0.05, 0) is 49.0 Å². The molecule has 0 unspecified atom stereocenters. The van der Waals surface area contributed by atoms with E-state index in [4.69, 9.17) is 17.0 Å². The molecule has 2 amide bonds. The molecular weight excluding hydrogens is 350 g/mol. The van der Waals surface area contributed by atoms with Crippen molar-refractivity contribution in [3.8, 4) is 5.75 Å². The standard InChI is InChI=1S/C19H21N3O3S/c1-3-7-17(23)20-13-8-6-9-14(12-13)21-19(26)22-18(24)15-10-4-5-11-16(15)25-2/h4-6,8-12H,3,7H2,1-2H3,(H,20,23)(H2,21,22,24,26). The van der Waals surface area contributed by atoms with E-state index in [1.807, 2.05) is 6.92 Å². The second kappa shape index (κ2) is 9.53. The molecule has 6 nitrogen and oxygen atoms in total. The molecule has 7 heteroatoms. The molecule has 0 heterocycles. The summed E-state index contributed by atoms with van der Waals surface area (Å²) in [6.07, 6.45) is 1.24. The highest BCUT2D eigenvalue weighted by Crippen LogP contribution is 2.18. The molecule has 0 spiro atoms. The minimum absolute atomic E-state index is 0.0447. The van der Waals surface area contributed by atoms with Crippen molar-refractivity contribution in [3.63, 3.8) is 0 Å². The zero-order valence-electron chi connectivity index (χ0n) is 14.7. The minimum Gasteiger partial charge on any atom is -0.496 e. The van der Waals surface area contributed by atoms with Gasteiger partial charge in [-0.25, -0.2) is 0 Å². The smallest absolute Gasteiger partial charge is 0.261 e. The molecule has 0 radical (unpaired) electrons. The van der Waals surface area contributed by atoms with E-state index in [0.717, 1.165) is 6.42 Å². The van der Waals surface area contributed by atoms with Gasteiger partial charge < -0.3 is 15.4 Å². The maximum atomic E-state index is 12.3. The Balaban J connectivity index is 1.99. The number of anilines is 2. The Kier molecular flexibility index (Phi) is 7.11. The van der Waals surface area contributed by atoms with Crippen molar-refractivity contribution in [2.45, 2.75) is 19.8 Å². The number of rotatable bonds is 6. The van der Waals surface area contributed by atoms with Crippen LogP contribution in [0.4, 0.5) is 11.4 Å². The maximum Gasteiger partial charge on any atom is 0.261 e. The average molecular weight is 371 g/mol. The monoisotopic (exact) mass is 371 g/mol. The molecule has 0 aliphatic carbocycles. The van der Waals surface area contributed by atoms with Crippen molar-refractivity contribution in [1.82, 2.24) is 5.32 Å². The summed E-state index contributed by atoms with van der Waals surface area (Å²) < 4.78 is 5.17. The van der Waals surface area contributed by atoms with Crippen LogP contribution >= 0.6 is 12.2 Å². The topological polar surface area (TPSA) is 79.5 Å². The maximum absolute atomic E-state index is 12.3. The highest BCUT2D eigenvalue weighted by molar-refractivity contribution is 7.80. The van der Waals surface area contributed by atoms with Gasteiger partial charge >= 0.3 is 0 Å². The first-order valence-corrected chi connectivity index (χ1v) is 8.59. The summed E-state index contributed by atoms with van der Waals surface area (Å²) in [5, 5.41) is 8.51. The van der Waals surface area contributed by atoms with Crippen molar-refractivity contribution < 1.29 is 14.3 Å². The molecule has 0 aliphatic heterocycles. The van der Waals surface area contributed by atoms with Gasteiger partial charge in [0.05, 0.1) is 12.7 Å². The summed E-state index contributed by atoms with van der Waals surface area (Å²) >= 11 is 5.19. The molecule has 0 aliphatic rings. The van der Waals surface area contributed by atoms with Crippen molar-refractivity contribution in [2.24, 2.45) is 0 Å². The highest BCUT2D eigenvalue weighted by atomic mass is 32.1. The van der Waals surface area contributed by atoms with E-state index in [-0.39, 0.29) is 16.9 Å². The predicted molar refractivity (Wildman–Crippen MR) is 107 cm³/mol. The Morgan fingerprint density at radius 2 is 1.73 bits per heavy atom. The fourth-order valence-electron chi connectivity index (χ4n) is 2.29. The number of methoxy groups -OCH3 is 1. The third-order valence-electron chi connectivity index (χ3n) is 3.46. The van der Waals surface area contributed by atoms with Crippen LogP contribution in [0.25, 0.3) is 0 Å². The summed E-state index contributed by atoms with van der Waals surface area (Å²) in [5.41, 5.74) is 1.71. The van der Waals surface area contributed by atoms with Crippen LogP contribution in [0, 0.1) is 0 Å². The molecule has 2 rings (SSSR count). The van der Waals surface area contributed by atoms with Gasteiger partial charge in [-0.1, -0.05) is 25.1 Å². The van der Waals surface area contributed by atoms with Gasteiger partial charge in [-0.15, -0.1) is 0 Å². The van der Waals surface area contributed by atoms with E-state index in [0.29, 0.717) is 29.1 Å². The summed E-state index contributed by atoms with van der Waals surface area (Å²) in [4.78, 5) is 24.0. The quantitative estimate of drug-likeness (QED) is 0.677. The number of hydrogen-bond acceptors (Lipinski definition) is 4. The first-order valence-electron chi connectivity index (χ1n) is 8.18. The summed E-state index contributed by atoms with van der Waals surface area (Å²) in [5.74, 6) is 0.0532. The van der Waals surface area contributed by atoms with Gasteiger partial charge in [-0.2, -0.15) is 0 Å². The number of benzene rings is 2. The average Bonchev–Trinajstić information content (AvgIpc) is 2.62. The Labute approximate surface area is 157 Å². The van der Waals surface area contributed by atoms with Crippen molar-refractivity contribution in [3.05, 3.63) is 54.1 Å². The molecule has 2 aromatic rings. The molecule has 0 atom stereocenters. The van der Waals surface area contributed by atoms with Crippen molar-refractivity contribution >= 4 is 40.5 Å². The van der Waals surface area contributed by atoms with E-state index in [2.05, 4.69) is 16.0 Å². The number of carbonyl (C=O) groups is 2. The van der Waals surface area contributed by atoms with Crippen LogP contribution in [0.2, 0.25) is 0 Å². The SMILES string of the molecule is CCCC(=O)Nc1cccc(NC(=S)NC(=O)c2ccccc2OC)c1. The molecular formula is C19H21N3O3S. The van der Waals surface area contributed by atoms with Crippen LogP contribution in [0.5, 0.6) is 5.75 Å². The predicted octanol–water partition coefficient (Wildman–Crippen LogP) is 3.56. The third-order valence-corrected chi connectivity index (χ3v) is 3.66. The number of ether oxygens (including phenoxy) is 1. The fourth-order valence-corrected chi connectivity index (χ4v) is 2.50. The second-order valence-electron chi connectivity index (χ2n) is 5.49. The molecule has 3 N–H and O–H groups in total. The van der Waals surface area contributed by atoms with Crippen LogP contribution < -0.4 is 20.7 Å². The normalized spacial score (nSPS) is 9.92. The molecule has 0 fully saturated rings. The van der Waals surface area contributed by atoms with Gasteiger partial charge in [0, 0.05) is 17.8 Å². The Bertz CT molecular complexity index is 808. The molecule has 2 aromatic carbocycles. The number of hydrogen-bond donors (Lipinski definition) is 3. The lowest BCUT2D eigenvalue weighted by molar-refractivity contribution is -0.116. The third kappa shape index (κ3) is 5.56. The Morgan fingerprint density at radius 1 is 1.04 bits per heavy atom. The van der Waals surface area contributed by atoms with Crippen LogP contribution in [0.3, 0.4) is 0 Å². The number of para-hydroxylation sites is 1. The van der Waals surface area contributed by atoms with Gasteiger partial charge in [0.15, 0.2) is 5.11 Å². The number of thiocarbonyl (C=S) groups is 1. The summed E-state index contributed by atoms with van der Waals surface area (Å²) in [6.45, 7) is 1.94. The van der Waals surface area contributed by atoms with Crippen LogP contribution in [-0.4, -0.2) is 24.0 Å². The van der Waals surface area contributed by atoms with Gasteiger partial charge in [0.1, 0.15) is 5.75 Å². The van der Waals surface area contributed by atoms with Gasteiger partial charge in [-0.3, -0.25) is 14.9 Å². The Morgan fingerprint density at radius 3 is 2.42 bits per heavy atom. The van der Waals surface area contributed by atoms with Crippen LogP contribution in [-0.2, 0) is 4.79 Å². The van der Waals surface area contributed by atoms with Gasteiger partial charge in [0.25, 0.3) is 5.91 Å². The lowest BCUT2D eigenvalue weighted by atomic mass is 10.2. The van der Waals surface area contributed by atoms with E-state index < -0.39 is 0 Å². The first kappa shape index (κ1) is 19.4. The zero-order valence-corrected chi connectivity index (χ0v) is 15.5. The van der Waals surface area contributed by atoms with E-state index in [1.54, 1.807) is 48.5 Å². The fraction of sp³-hybridized carbons (Fsp3) is 0.211. The first-order chi connectivity index (χ1) is 12.5. The zero-order chi connectivity index (χ0) is 18.9. The molecule has 0 saturated carbocycles.